The Hall–Kier alpha value is -2.51. The van der Waals surface area contributed by atoms with Gasteiger partial charge in [-0.2, -0.15) is 11.3 Å². The number of hydrogen-bond donors (Lipinski definition) is 1. The Morgan fingerprint density at radius 2 is 1.96 bits per heavy atom. The molecule has 1 N–H and O–H groups in total. The molecule has 2 aromatic heterocycles. The monoisotopic (exact) mass is 386 g/mol. The van der Waals surface area contributed by atoms with Crippen molar-refractivity contribution in [3.05, 3.63) is 63.3 Å². The fourth-order valence-corrected chi connectivity index (χ4v) is 3.70. The van der Waals surface area contributed by atoms with Gasteiger partial charge in [-0.1, -0.05) is 29.8 Å². The summed E-state index contributed by atoms with van der Waals surface area (Å²) in [5.41, 5.74) is 3.34. The number of carbonyl (C=O) groups is 2. The Bertz CT molecular complexity index is 886. The van der Waals surface area contributed by atoms with Crippen molar-refractivity contribution in [1.82, 2.24) is 10.3 Å². The highest BCUT2D eigenvalue weighted by Gasteiger charge is 2.21. The average molecular weight is 386 g/mol. The molecule has 1 amide bonds. The fraction of sp³-hybridized carbons (Fsp3) is 0.211. The van der Waals surface area contributed by atoms with Crippen LogP contribution < -0.4 is 5.32 Å². The van der Waals surface area contributed by atoms with Gasteiger partial charge in [-0.05, 0) is 30.9 Å². The summed E-state index contributed by atoms with van der Waals surface area (Å²) < 4.78 is 5.23. The number of esters is 1. The molecular weight excluding hydrogens is 368 g/mol. The summed E-state index contributed by atoms with van der Waals surface area (Å²) in [5, 5.41) is 9.09. The molecular formula is C19H18N2O3S2. The van der Waals surface area contributed by atoms with Gasteiger partial charge in [-0.25, -0.2) is 9.78 Å². The van der Waals surface area contributed by atoms with E-state index < -0.39 is 12.1 Å². The molecule has 0 aliphatic rings. The lowest BCUT2D eigenvalue weighted by molar-refractivity contribution is -0.129. The van der Waals surface area contributed by atoms with Crippen LogP contribution in [-0.2, 0) is 16.1 Å². The van der Waals surface area contributed by atoms with Gasteiger partial charge in [0, 0.05) is 22.9 Å². The van der Waals surface area contributed by atoms with Gasteiger partial charge in [-0.3, -0.25) is 4.79 Å². The Labute approximate surface area is 159 Å². The molecule has 1 unspecified atom stereocenters. The molecule has 3 aromatic rings. The normalized spacial score (nSPS) is 11.8. The molecule has 0 aliphatic heterocycles. The smallest absolute Gasteiger partial charge is 0.358 e. The van der Waals surface area contributed by atoms with E-state index in [1.54, 1.807) is 23.6 Å². The molecule has 0 radical (unpaired) electrons. The van der Waals surface area contributed by atoms with Gasteiger partial charge in [0.2, 0.25) is 0 Å². The van der Waals surface area contributed by atoms with E-state index in [1.165, 1.54) is 11.3 Å². The van der Waals surface area contributed by atoms with Gasteiger partial charge < -0.3 is 10.1 Å². The third-order valence-electron chi connectivity index (χ3n) is 3.72. The molecule has 0 aliphatic carbocycles. The Morgan fingerprint density at radius 1 is 1.19 bits per heavy atom. The van der Waals surface area contributed by atoms with E-state index in [1.807, 2.05) is 48.0 Å². The quantitative estimate of drug-likeness (QED) is 0.649. The first-order valence-corrected chi connectivity index (χ1v) is 9.87. The molecule has 5 nitrogen and oxygen atoms in total. The van der Waals surface area contributed by atoms with Gasteiger partial charge in [0.05, 0.1) is 0 Å². The van der Waals surface area contributed by atoms with E-state index in [2.05, 4.69) is 10.3 Å². The highest BCUT2D eigenvalue weighted by molar-refractivity contribution is 7.14. The van der Waals surface area contributed by atoms with Crippen LogP contribution in [0.3, 0.4) is 0 Å². The number of thiazole rings is 1. The second kappa shape index (κ2) is 8.25. The third-order valence-corrected chi connectivity index (χ3v) is 5.30. The molecule has 3 rings (SSSR count). The first kappa shape index (κ1) is 18.3. The third kappa shape index (κ3) is 4.56. The second-order valence-corrected chi connectivity index (χ2v) is 7.44. The van der Waals surface area contributed by atoms with Crippen LogP contribution in [0.5, 0.6) is 0 Å². The summed E-state index contributed by atoms with van der Waals surface area (Å²) in [6, 6.07) is 9.82. The molecule has 2 heterocycles. The molecule has 134 valence electrons. The lowest BCUT2D eigenvalue weighted by Crippen LogP contribution is -2.35. The lowest BCUT2D eigenvalue weighted by Gasteiger charge is -2.13. The predicted octanol–water partition coefficient (Wildman–Crippen LogP) is 4.04. The van der Waals surface area contributed by atoms with Crippen LogP contribution in [0.1, 0.15) is 28.5 Å². The van der Waals surface area contributed by atoms with E-state index in [0.717, 1.165) is 21.7 Å². The number of benzene rings is 1. The summed E-state index contributed by atoms with van der Waals surface area (Å²) in [5.74, 6) is -0.937. The van der Waals surface area contributed by atoms with Gasteiger partial charge in [0.25, 0.3) is 5.91 Å². The minimum atomic E-state index is -0.890. The molecule has 1 atom stereocenters. The summed E-state index contributed by atoms with van der Waals surface area (Å²) in [7, 11) is 0. The van der Waals surface area contributed by atoms with Crippen LogP contribution in [0.15, 0.2) is 46.5 Å². The number of hydrogen-bond acceptors (Lipinski definition) is 6. The highest BCUT2D eigenvalue weighted by Crippen LogP contribution is 2.26. The van der Waals surface area contributed by atoms with Crippen molar-refractivity contribution in [1.29, 1.82) is 0 Å². The number of nitrogens with one attached hydrogen (secondary N) is 1. The summed E-state index contributed by atoms with van der Waals surface area (Å²) in [4.78, 5) is 28.6. The number of nitrogens with zero attached hydrogens (tertiary/aromatic N) is 1. The zero-order chi connectivity index (χ0) is 18.5. The van der Waals surface area contributed by atoms with Crippen LogP contribution in [0.25, 0.3) is 10.6 Å². The number of rotatable bonds is 6. The number of thiophene rings is 1. The van der Waals surface area contributed by atoms with Crippen LogP contribution in [0.2, 0.25) is 0 Å². The molecule has 1 aromatic carbocycles. The number of amides is 1. The van der Waals surface area contributed by atoms with Crippen molar-refractivity contribution < 1.29 is 14.3 Å². The topological polar surface area (TPSA) is 68.3 Å². The molecule has 0 saturated carbocycles. The van der Waals surface area contributed by atoms with E-state index in [0.29, 0.717) is 6.54 Å². The Balaban J connectivity index is 1.53. The second-order valence-electron chi connectivity index (χ2n) is 5.80. The number of aromatic nitrogens is 1. The number of ether oxygens (including phenoxy) is 1. The molecule has 0 fully saturated rings. The van der Waals surface area contributed by atoms with Gasteiger partial charge >= 0.3 is 5.97 Å². The van der Waals surface area contributed by atoms with Crippen molar-refractivity contribution in [2.75, 3.05) is 0 Å². The molecule has 7 heteroatoms. The zero-order valence-corrected chi connectivity index (χ0v) is 16.0. The van der Waals surface area contributed by atoms with Crippen LogP contribution >= 0.6 is 22.7 Å². The van der Waals surface area contributed by atoms with Crippen LogP contribution in [0.4, 0.5) is 0 Å². The maximum absolute atomic E-state index is 12.2. The van der Waals surface area contributed by atoms with Gasteiger partial charge in [0.15, 0.2) is 11.8 Å². The lowest BCUT2D eigenvalue weighted by atomic mass is 10.1. The molecule has 0 spiro atoms. The summed E-state index contributed by atoms with van der Waals surface area (Å²) in [6.07, 6.45) is -0.890. The minimum Gasteiger partial charge on any atom is -0.448 e. The van der Waals surface area contributed by atoms with E-state index in [-0.39, 0.29) is 11.6 Å². The SMILES string of the molecule is Cc1ccc(CNC(=O)C(C)OC(=O)c2csc(-c3ccsc3)n2)cc1. The van der Waals surface area contributed by atoms with Crippen molar-refractivity contribution >= 4 is 34.6 Å². The first-order chi connectivity index (χ1) is 12.5. The Kier molecular flexibility index (Phi) is 5.80. The molecule has 0 bridgehead atoms. The number of aryl methyl sites for hydroxylation is 1. The molecule has 26 heavy (non-hydrogen) atoms. The van der Waals surface area contributed by atoms with E-state index in [9.17, 15) is 9.59 Å². The maximum atomic E-state index is 12.2. The van der Waals surface area contributed by atoms with Gasteiger partial charge in [-0.15, -0.1) is 11.3 Å². The van der Waals surface area contributed by atoms with Crippen LogP contribution in [-0.4, -0.2) is 23.0 Å². The largest absolute Gasteiger partial charge is 0.448 e. The number of carbonyl (C=O) groups excluding carboxylic acids is 2. The standard InChI is InChI=1S/C19H18N2O3S2/c1-12-3-5-14(6-4-12)9-20-17(22)13(2)24-19(23)16-11-26-18(21-16)15-7-8-25-10-15/h3-8,10-11,13H,9H2,1-2H3,(H,20,22). The van der Waals surface area contributed by atoms with E-state index >= 15 is 0 Å². The molecule has 0 saturated heterocycles. The summed E-state index contributed by atoms with van der Waals surface area (Å²) in [6.45, 7) is 3.95. The van der Waals surface area contributed by atoms with Crippen molar-refractivity contribution in [2.45, 2.75) is 26.5 Å². The minimum absolute atomic E-state index is 0.217. The maximum Gasteiger partial charge on any atom is 0.358 e. The highest BCUT2D eigenvalue weighted by atomic mass is 32.1. The van der Waals surface area contributed by atoms with Crippen molar-refractivity contribution in [2.24, 2.45) is 0 Å². The fourth-order valence-electron chi connectivity index (χ4n) is 2.20. The zero-order valence-electron chi connectivity index (χ0n) is 14.4. The van der Waals surface area contributed by atoms with Crippen molar-refractivity contribution in [3.8, 4) is 10.6 Å². The van der Waals surface area contributed by atoms with Crippen molar-refractivity contribution in [3.63, 3.8) is 0 Å². The summed E-state index contributed by atoms with van der Waals surface area (Å²) >= 11 is 2.94. The Morgan fingerprint density at radius 3 is 2.65 bits per heavy atom. The van der Waals surface area contributed by atoms with E-state index in [4.69, 9.17) is 4.74 Å². The predicted molar refractivity (Wildman–Crippen MR) is 103 cm³/mol. The van der Waals surface area contributed by atoms with Gasteiger partial charge in [0.1, 0.15) is 5.01 Å². The average Bonchev–Trinajstić information content (AvgIpc) is 3.32. The first-order valence-electron chi connectivity index (χ1n) is 8.05. The van der Waals surface area contributed by atoms with Crippen LogP contribution in [0, 0.1) is 6.92 Å².